The summed E-state index contributed by atoms with van der Waals surface area (Å²) in [6.45, 7) is 3.51. The summed E-state index contributed by atoms with van der Waals surface area (Å²) in [5, 5.41) is 21.0. The first kappa shape index (κ1) is 14.6. The topological polar surface area (TPSA) is 107 Å². The summed E-state index contributed by atoms with van der Waals surface area (Å²) in [4.78, 5) is 23.3. The Hall–Kier alpha value is -2.83. The van der Waals surface area contributed by atoms with E-state index in [2.05, 4.69) is 20.8 Å². The quantitative estimate of drug-likeness (QED) is 0.690. The van der Waals surface area contributed by atoms with Crippen LogP contribution in [0.1, 0.15) is 23.0 Å². The van der Waals surface area contributed by atoms with Gasteiger partial charge in [0, 0.05) is 0 Å². The molecular formula is C14H16N4O3. The molecule has 7 nitrogen and oxygen atoms in total. The normalized spacial score (nSPS) is 11.7. The molecule has 1 unspecified atom stereocenters. The van der Waals surface area contributed by atoms with Gasteiger partial charge < -0.3 is 15.7 Å². The molecule has 0 aliphatic heterocycles. The number of carboxylic acids is 1. The third kappa shape index (κ3) is 3.38. The zero-order valence-corrected chi connectivity index (χ0v) is 11.7. The molecule has 1 aromatic carbocycles. The molecule has 4 N–H and O–H groups in total. The van der Waals surface area contributed by atoms with Gasteiger partial charge in [-0.3, -0.25) is 5.10 Å². The Labute approximate surface area is 121 Å². The standard InChI is InChI=1S/C14H16N4O3/c1-8-11(9(2)18-17-8)15-14(21)16-12(13(19)20)10-6-4-3-5-7-10/h3-7,12H,1-2H3,(H,17,18)(H,19,20)(H2,15,16,21). The Bertz CT molecular complexity index is 632. The molecule has 0 radical (unpaired) electrons. The molecule has 2 aromatic rings. The van der Waals surface area contributed by atoms with Crippen LogP contribution in [0.25, 0.3) is 0 Å². The van der Waals surface area contributed by atoms with E-state index in [4.69, 9.17) is 0 Å². The van der Waals surface area contributed by atoms with Crippen molar-refractivity contribution in [2.75, 3.05) is 5.32 Å². The first-order chi connectivity index (χ1) is 9.99. The molecule has 0 fully saturated rings. The van der Waals surface area contributed by atoms with E-state index in [1.807, 2.05) is 0 Å². The van der Waals surface area contributed by atoms with Crippen molar-refractivity contribution >= 4 is 17.7 Å². The lowest BCUT2D eigenvalue weighted by Crippen LogP contribution is -2.36. The van der Waals surface area contributed by atoms with Crippen molar-refractivity contribution in [3.8, 4) is 0 Å². The van der Waals surface area contributed by atoms with Crippen molar-refractivity contribution in [2.45, 2.75) is 19.9 Å². The van der Waals surface area contributed by atoms with E-state index >= 15 is 0 Å². The zero-order chi connectivity index (χ0) is 15.4. The number of carbonyl (C=O) groups is 2. The second kappa shape index (κ2) is 6.08. The SMILES string of the molecule is Cc1n[nH]c(C)c1NC(=O)NC(C(=O)O)c1ccccc1. The smallest absolute Gasteiger partial charge is 0.330 e. The van der Waals surface area contributed by atoms with Crippen LogP contribution < -0.4 is 10.6 Å². The van der Waals surface area contributed by atoms with E-state index in [1.54, 1.807) is 44.2 Å². The number of aliphatic carboxylic acids is 1. The Morgan fingerprint density at radius 1 is 1.24 bits per heavy atom. The van der Waals surface area contributed by atoms with Gasteiger partial charge in [-0.05, 0) is 19.4 Å². The predicted molar refractivity (Wildman–Crippen MR) is 77.0 cm³/mol. The molecule has 110 valence electrons. The third-order valence-corrected chi connectivity index (χ3v) is 3.02. The number of hydrogen-bond acceptors (Lipinski definition) is 3. The van der Waals surface area contributed by atoms with Crippen LogP contribution in [0.4, 0.5) is 10.5 Å². The number of carbonyl (C=O) groups excluding carboxylic acids is 1. The fourth-order valence-corrected chi connectivity index (χ4v) is 1.95. The van der Waals surface area contributed by atoms with Crippen LogP contribution in [0.5, 0.6) is 0 Å². The van der Waals surface area contributed by atoms with Gasteiger partial charge >= 0.3 is 12.0 Å². The Kier molecular flexibility index (Phi) is 4.22. The number of hydrogen-bond donors (Lipinski definition) is 4. The maximum absolute atomic E-state index is 12.0. The van der Waals surface area contributed by atoms with Crippen LogP contribution in [-0.2, 0) is 4.79 Å². The summed E-state index contributed by atoms with van der Waals surface area (Å²) in [6.07, 6.45) is 0. The fraction of sp³-hybridized carbons (Fsp3) is 0.214. The average Bonchev–Trinajstić information content (AvgIpc) is 2.77. The van der Waals surface area contributed by atoms with Crippen LogP contribution in [-0.4, -0.2) is 27.3 Å². The van der Waals surface area contributed by atoms with Gasteiger partial charge in [-0.1, -0.05) is 30.3 Å². The largest absolute Gasteiger partial charge is 0.479 e. The number of urea groups is 1. The van der Waals surface area contributed by atoms with E-state index in [0.29, 0.717) is 22.6 Å². The van der Waals surface area contributed by atoms with Crippen LogP contribution in [0.15, 0.2) is 30.3 Å². The summed E-state index contributed by atoms with van der Waals surface area (Å²) in [7, 11) is 0. The molecule has 2 rings (SSSR count). The number of nitrogens with one attached hydrogen (secondary N) is 3. The summed E-state index contributed by atoms with van der Waals surface area (Å²) in [5.41, 5.74) is 2.38. The summed E-state index contributed by atoms with van der Waals surface area (Å²) < 4.78 is 0. The molecular weight excluding hydrogens is 272 g/mol. The molecule has 21 heavy (non-hydrogen) atoms. The van der Waals surface area contributed by atoms with Crippen LogP contribution in [0, 0.1) is 13.8 Å². The molecule has 0 saturated carbocycles. The lowest BCUT2D eigenvalue weighted by Gasteiger charge is -2.15. The molecule has 0 bridgehead atoms. The Balaban J connectivity index is 2.11. The van der Waals surface area contributed by atoms with Gasteiger partial charge in [-0.2, -0.15) is 5.10 Å². The van der Waals surface area contributed by atoms with E-state index < -0.39 is 18.0 Å². The number of H-pyrrole nitrogens is 1. The van der Waals surface area contributed by atoms with E-state index in [9.17, 15) is 14.7 Å². The van der Waals surface area contributed by atoms with Crippen molar-refractivity contribution in [3.63, 3.8) is 0 Å². The van der Waals surface area contributed by atoms with Crippen molar-refractivity contribution < 1.29 is 14.7 Å². The number of anilines is 1. The molecule has 0 saturated heterocycles. The van der Waals surface area contributed by atoms with Crippen LogP contribution in [0.2, 0.25) is 0 Å². The first-order valence-corrected chi connectivity index (χ1v) is 6.36. The number of nitrogens with zero attached hydrogens (tertiary/aromatic N) is 1. The highest BCUT2D eigenvalue weighted by atomic mass is 16.4. The number of benzene rings is 1. The molecule has 0 spiro atoms. The van der Waals surface area contributed by atoms with Crippen LogP contribution >= 0.6 is 0 Å². The zero-order valence-electron chi connectivity index (χ0n) is 11.7. The average molecular weight is 288 g/mol. The number of rotatable bonds is 4. The number of aromatic amines is 1. The minimum absolute atomic E-state index is 0.501. The maximum atomic E-state index is 12.0. The highest BCUT2D eigenvalue weighted by Crippen LogP contribution is 2.17. The number of carboxylic acid groups (broad SMARTS) is 1. The van der Waals surface area contributed by atoms with Crippen molar-refractivity contribution in [3.05, 3.63) is 47.3 Å². The van der Waals surface area contributed by atoms with Crippen LogP contribution in [0.3, 0.4) is 0 Å². The van der Waals surface area contributed by atoms with E-state index in [-0.39, 0.29) is 0 Å². The lowest BCUT2D eigenvalue weighted by atomic mass is 10.1. The van der Waals surface area contributed by atoms with Crippen molar-refractivity contribution in [1.82, 2.24) is 15.5 Å². The summed E-state index contributed by atoms with van der Waals surface area (Å²) in [6, 6.07) is 6.80. The van der Waals surface area contributed by atoms with Gasteiger partial charge in [-0.15, -0.1) is 0 Å². The summed E-state index contributed by atoms with van der Waals surface area (Å²) in [5.74, 6) is -1.13. The maximum Gasteiger partial charge on any atom is 0.330 e. The van der Waals surface area contributed by atoms with Gasteiger partial charge in [0.05, 0.1) is 17.1 Å². The minimum atomic E-state index is -1.13. The number of amides is 2. The van der Waals surface area contributed by atoms with Gasteiger partial charge in [0.1, 0.15) is 0 Å². The highest BCUT2D eigenvalue weighted by Gasteiger charge is 2.22. The van der Waals surface area contributed by atoms with E-state index in [0.717, 1.165) is 0 Å². The van der Waals surface area contributed by atoms with E-state index in [1.165, 1.54) is 0 Å². The Morgan fingerprint density at radius 3 is 2.43 bits per heavy atom. The van der Waals surface area contributed by atoms with Gasteiger partial charge in [0.25, 0.3) is 0 Å². The lowest BCUT2D eigenvalue weighted by molar-refractivity contribution is -0.139. The fourth-order valence-electron chi connectivity index (χ4n) is 1.95. The van der Waals surface area contributed by atoms with Gasteiger partial charge in [0.2, 0.25) is 0 Å². The molecule has 1 heterocycles. The Morgan fingerprint density at radius 2 is 1.90 bits per heavy atom. The molecule has 0 aliphatic rings. The number of aryl methyl sites for hydroxylation is 2. The second-order valence-electron chi connectivity index (χ2n) is 4.59. The molecule has 1 aromatic heterocycles. The monoisotopic (exact) mass is 288 g/mol. The molecule has 0 aliphatic carbocycles. The third-order valence-electron chi connectivity index (χ3n) is 3.02. The predicted octanol–water partition coefficient (Wildman–Crippen LogP) is 1.97. The minimum Gasteiger partial charge on any atom is -0.479 e. The second-order valence-corrected chi connectivity index (χ2v) is 4.59. The van der Waals surface area contributed by atoms with Gasteiger partial charge in [0.15, 0.2) is 6.04 Å². The highest BCUT2D eigenvalue weighted by molar-refractivity contribution is 5.93. The van der Waals surface area contributed by atoms with Crippen molar-refractivity contribution in [2.24, 2.45) is 0 Å². The molecule has 2 amide bonds. The number of aromatic nitrogens is 2. The first-order valence-electron chi connectivity index (χ1n) is 6.36. The summed E-state index contributed by atoms with van der Waals surface area (Å²) >= 11 is 0. The molecule has 1 atom stereocenters. The molecule has 7 heteroatoms. The van der Waals surface area contributed by atoms with Gasteiger partial charge in [-0.25, -0.2) is 9.59 Å². The van der Waals surface area contributed by atoms with Crippen molar-refractivity contribution in [1.29, 1.82) is 0 Å².